The van der Waals surface area contributed by atoms with Gasteiger partial charge >= 0.3 is 0 Å². The van der Waals surface area contributed by atoms with Crippen LogP contribution in [0, 0.1) is 0 Å². The van der Waals surface area contributed by atoms with Gasteiger partial charge in [0.15, 0.2) is 0 Å². The molecular weight excluding hydrogens is 398 g/mol. The molecule has 2 aliphatic heterocycles. The SMILES string of the molecule is COc1ccc(/C(O)=C2\C(=O)C(=O)N(CCN3CCOCC3)C2c2ccccn2)cc1. The second kappa shape index (κ2) is 9.28. The maximum atomic E-state index is 13.0. The highest BCUT2D eigenvalue weighted by Gasteiger charge is 2.46. The van der Waals surface area contributed by atoms with Crippen LogP contribution in [0.5, 0.6) is 5.75 Å². The summed E-state index contributed by atoms with van der Waals surface area (Å²) in [6.07, 6.45) is 1.62. The number of amides is 1. The number of aliphatic hydroxyl groups excluding tert-OH is 1. The van der Waals surface area contributed by atoms with Crippen LogP contribution in [0.25, 0.3) is 5.76 Å². The van der Waals surface area contributed by atoms with Crippen molar-refractivity contribution in [1.82, 2.24) is 14.8 Å². The normalized spacial score (nSPS) is 21.5. The summed E-state index contributed by atoms with van der Waals surface area (Å²) >= 11 is 0. The number of Topliss-reactive ketones (excluding diaryl/α,β-unsaturated/α-hetero) is 1. The first kappa shape index (κ1) is 21.0. The first-order valence-electron chi connectivity index (χ1n) is 10.2. The smallest absolute Gasteiger partial charge is 0.295 e. The van der Waals surface area contributed by atoms with E-state index in [1.165, 1.54) is 4.90 Å². The second-order valence-electron chi connectivity index (χ2n) is 7.43. The molecule has 1 aromatic carbocycles. The van der Waals surface area contributed by atoms with Gasteiger partial charge < -0.3 is 19.5 Å². The summed E-state index contributed by atoms with van der Waals surface area (Å²) in [4.78, 5) is 34.0. The highest BCUT2D eigenvalue weighted by Crippen LogP contribution is 2.38. The van der Waals surface area contributed by atoms with Crippen LogP contribution in [-0.4, -0.2) is 78.1 Å². The Labute approximate surface area is 180 Å². The molecule has 0 bridgehead atoms. The van der Waals surface area contributed by atoms with E-state index in [2.05, 4.69) is 9.88 Å². The van der Waals surface area contributed by atoms with E-state index in [-0.39, 0.29) is 11.3 Å². The van der Waals surface area contributed by atoms with Crippen molar-refractivity contribution >= 4 is 17.4 Å². The predicted octanol–water partition coefficient (Wildman–Crippen LogP) is 1.84. The number of methoxy groups -OCH3 is 1. The van der Waals surface area contributed by atoms with Crippen molar-refractivity contribution in [3.8, 4) is 5.75 Å². The third kappa shape index (κ3) is 4.30. The molecule has 31 heavy (non-hydrogen) atoms. The van der Waals surface area contributed by atoms with Crippen molar-refractivity contribution in [1.29, 1.82) is 0 Å². The van der Waals surface area contributed by atoms with Gasteiger partial charge in [-0.1, -0.05) is 6.07 Å². The third-order valence-electron chi connectivity index (χ3n) is 5.63. The molecule has 2 saturated heterocycles. The number of nitrogens with zero attached hydrogens (tertiary/aromatic N) is 3. The van der Waals surface area contributed by atoms with Crippen molar-refractivity contribution in [3.05, 3.63) is 65.5 Å². The monoisotopic (exact) mass is 423 g/mol. The van der Waals surface area contributed by atoms with E-state index < -0.39 is 17.7 Å². The highest BCUT2D eigenvalue weighted by molar-refractivity contribution is 6.46. The Morgan fingerprint density at radius 3 is 2.52 bits per heavy atom. The summed E-state index contributed by atoms with van der Waals surface area (Å²) in [7, 11) is 1.55. The van der Waals surface area contributed by atoms with Gasteiger partial charge in [0.05, 0.1) is 31.6 Å². The maximum Gasteiger partial charge on any atom is 0.295 e. The Balaban J connectivity index is 1.70. The molecule has 2 aromatic rings. The van der Waals surface area contributed by atoms with E-state index >= 15 is 0 Å². The minimum Gasteiger partial charge on any atom is -0.507 e. The number of hydrogen-bond donors (Lipinski definition) is 1. The number of benzene rings is 1. The summed E-state index contributed by atoms with van der Waals surface area (Å²) in [5, 5.41) is 11.0. The molecule has 1 atom stereocenters. The standard InChI is InChI=1S/C23H25N3O5/c1-30-17-7-5-16(6-8-17)21(27)19-20(18-4-2-3-9-24-18)26(23(29)22(19)28)11-10-25-12-14-31-15-13-25/h2-9,20,27H,10-15H2,1H3/b21-19+. The van der Waals surface area contributed by atoms with Crippen molar-refractivity contribution in [3.63, 3.8) is 0 Å². The second-order valence-corrected chi connectivity index (χ2v) is 7.43. The van der Waals surface area contributed by atoms with Crippen molar-refractivity contribution in [2.24, 2.45) is 0 Å². The maximum absolute atomic E-state index is 13.0. The van der Waals surface area contributed by atoms with Crippen LogP contribution in [0.4, 0.5) is 0 Å². The first-order valence-corrected chi connectivity index (χ1v) is 10.2. The van der Waals surface area contributed by atoms with E-state index in [4.69, 9.17) is 9.47 Å². The van der Waals surface area contributed by atoms with Gasteiger partial charge in [0.2, 0.25) is 0 Å². The first-order chi connectivity index (χ1) is 15.1. The van der Waals surface area contributed by atoms with Gasteiger partial charge in [-0.05, 0) is 36.4 Å². The lowest BCUT2D eigenvalue weighted by Gasteiger charge is -2.30. The molecule has 3 heterocycles. The van der Waals surface area contributed by atoms with Crippen LogP contribution in [0.15, 0.2) is 54.2 Å². The zero-order chi connectivity index (χ0) is 21.8. The van der Waals surface area contributed by atoms with E-state index in [0.717, 1.165) is 13.1 Å². The minimum atomic E-state index is -0.746. The van der Waals surface area contributed by atoms with Gasteiger partial charge in [-0.15, -0.1) is 0 Å². The zero-order valence-corrected chi connectivity index (χ0v) is 17.4. The summed E-state index contributed by atoms with van der Waals surface area (Å²) in [6, 6.07) is 11.3. The lowest BCUT2D eigenvalue weighted by molar-refractivity contribution is -0.140. The number of aliphatic hydroxyl groups is 1. The van der Waals surface area contributed by atoms with E-state index in [0.29, 0.717) is 43.3 Å². The zero-order valence-electron chi connectivity index (χ0n) is 17.4. The number of hydrogen-bond acceptors (Lipinski definition) is 7. The Hall–Kier alpha value is -3.23. The van der Waals surface area contributed by atoms with Crippen molar-refractivity contribution < 1.29 is 24.2 Å². The lowest BCUT2D eigenvalue weighted by Crippen LogP contribution is -2.42. The van der Waals surface area contributed by atoms with Crippen LogP contribution in [0.3, 0.4) is 0 Å². The number of carbonyl (C=O) groups is 2. The number of morpholine rings is 1. The molecular formula is C23H25N3O5. The number of pyridine rings is 1. The number of ketones is 1. The molecule has 0 saturated carbocycles. The molecule has 1 aromatic heterocycles. The fourth-order valence-electron chi connectivity index (χ4n) is 3.93. The van der Waals surface area contributed by atoms with E-state index in [9.17, 15) is 14.7 Å². The van der Waals surface area contributed by atoms with Crippen molar-refractivity contribution in [2.75, 3.05) is 46.5 Å². The van der Waals surface area contributed by atoms with E-state index in [1.807, 2.05) is 0 Å². The average Bonchev–Trinajstić information content (AvgIpc) is 3.08. The molecule has 2 aliphatic rings. The quantitative estimate of drug-likeness (QED) is 0.431. The topological polar surface area (TPSA) is 92.2 Å². The van der Waals surface area contributed by atoms with Crippen LogP contribution in [-0.2, 0) is 14.3 Å². The van der Waals surface area contributed by atoms with Gasteiger partial charge in [0.25, 0.3) is 11.7 Å². The number of likely N-dealkylation sites (tertiary alicyclic amines) is 1. The highest BCUT2D eigenvalue weighted by atomic mass is 16.5. The minimum absolute atomic E-state index is 0.0517. The number of rotatable bonds is 6. The number of ether oxygens (including phenoxy) is 2. The van der Waals surface area contributed by atoms with Crippen LogP contribution in [0.2, 0.25) is 0 Å². The summed E-state index contributed by atoms with van der Waals surface area (Å²) in [5.74, 6) is -0.917. The van der Waals surface area contributed by atoms with Crippen molar-refractivity contribution in [2.45, 2.75) is 6.04 Å². The molecule has 162 valence electrons. The summed E-state index contributed by atoms with van der Waals surface area (Å²) in [5.41, 5.74) is 1.03. The van der Waals surface area contributed by atoms with Gasteiger partial charge in [-0.25, -0.2) is 0 Å². The molecule has 0 spiro atoms. The van der Waals surface area contributed by atoms with Gasteiger partial charge in [-0.2, -0.15) is 0 Å². The molecule has 1 amide bonds. The van der Waals surface area contributed by atoms with Crippen LogP contribution >= 0.6 is 0 Å². The molecule has 2 fully saturated rings. The predicted molar refractivity (Wildman–Crippen MR) is 113 cm³/mol. The summed E-state index contributed by atoms with van der Waals surface area (Å²) in [6.45, 7) is 3.83. The molecule has 8 nitrogen and oxygen atoms in total. The van der Waals surface area contributed by atoms with E-state index in [1.54, 1.807) is 55.8 Å². The number of carbonyl (C=O) groups excluding carboxylic acids is 2. The molecule has 0 aliphatic carbocycles. The molecule has 1 N–H and O–H groups in total. The fraction of sp³-hybridized carbons (Fsp3) is 0.348. The third-order valence-corrected chi connectivity index (χ3v) is 5.63. The Morgan fingerprint density at radius 1 is 1.13 bits per heavy atom. The van der Waals surface area contributed by atoms with Gasteiger partial charge in [-0.3, -0.25) is 19.5 Å². The lowest BCUT2D eigenvalue weighted by atomic mass is 9.98. The molecule has 4 rings (SSSR count). The van der Waals surface area contributed by atoms with Crippen LogP contribution < -0.4 is 4.74 Å². The largest absolute Gasteiger partial charge is 0.507 e. The number of aromatic nitrogens is 1. The molecule has 0 radical (unpaired) electrons. The average molecular weight is 423 g/mol. The van der Waals surface area contributed by atoms with Crippen LogP contribution in [0.1, 0.15) is 17.3 Å². The molecule has 1 unspecified atom stereocenters. The Bertz CT molecular complexity index is 968. The Morgan fingerprint density at radius 2 is 1.87 bits per heavy atom. The van der Waals surface area contributed by atoms with Gasteiger partial charge in [0, 0.05) is 37.9 Å². The molecule has 8 heteroatoms. The van der Waals surface area contributed by atoms with Gasteiger partial charge in [0.1, 0.15) is 17.6 Å². The Kier molecular flexibility index (Phi) is 6.29. The fourth-order valence-corrected chi connectivity index (χ4v) is 3.93. The summed E-state index contributed by atoms with van der Waals surface area (Å²) < 4.78 is 10.5.